The van der Waals surface area contributed by atoms with Gasteiger partial charge in [-0.1, -0.05) is 48.5 Å². The lowest BCUT2D eigenvalue weighted by Crippen LogP contribution is -2.21. The van der Waals surface area contributed by atoms with E-state index in [0.717, 1.165) is 21.5 Å². The van der Waals surface area contributed by atoms with Gasteiger partial charge in [-0.3, -0.25) is 0 Å². The van der Waals surface area contributed by atoms with Crippen molar-refractivity contribution < 1.29 is 17.6 Å². The molecule has 0 amide bonds. The van der Waals surface area contributed by atoms with Crippen LogP contribution in [0.4, 0.5) is 17.6 Å². The highest BCUT2D eigenvalue weighted by Crippen LogP contribution is 2.41. The molecule has 0 unspecified atom stereocenters. The molecule has 24 heavy (non-hydrogen) atoms. The number of hydrogen-bond donors (Lipinski definition) is 1. The average Bonchev–Trinajstić information content (AvgIpc) is 2.98. The first kappa shape index (κ1) is 15.3. The summed E-state index contributed by atoms with van der Waals surface area (Å²) in [5, 5.41) is -0.942. The summed E-state index contributed by atoms with van der Waals surface area (Å²) in [5.41, 5.74) is 1.06. The quantitative estimate of drug-likeness (QED) is 0.286. The van der Waals surface area contributed by atoms with Crippen LogP contribution >= 0.6 is 11.8 Å². The van der Waals surface area contributed by atoms with Crippen molar-refractivity contribution in [3.63, 3.8) is 0 Å². The van der Waals surface area contributed by atoms with Crippen LogP contribution in [0.3, 0.4) is 0 Å². The van der Waals surface area contributed by atoms with Crippen LogP contribution in [0.2, 0.25) is 0 Å². The second-order valence-corrected chi connectivity index (χ2v) is 6.46. The van der Waals surface area contributed by atoms with Gasteiger partial charge in [0.1, 0.15) is 0 Å². The van der Waals surface area contributed by atoms with Crippen molar-refractivity contribution in [3.05, 3.63) is 48.5 Å². The van der Waals surface area contributed by atoms with E-state index in [9.17, 15) is 17.6 Å². The Morgan fingerprint density at radius 3 is 2.04 bits per heavy atom. The molecule has 0 atom stereocenters. The minimum absolute atomic E-state index is 0.225. The number of nitrogens with one attached hydrogen (secondary N) is 1. The summed E-state index contributed by atoms with van der Waals surface area (Å²) in [6.45, 7) is 0. The lowest BCUT2D eigenvalue weighted by Gasteiger charge is -2.11. The lowest BCUT2D eigenvalue weighted by atomic mass is 10.0. The molecule has 122 valence electrons. The monoisotopic (exact) mass is 350 g/mol. The Balaban J connectivity index is 2.02. The van der Waals surface area contributed by atoms with Crippen LogP contribution < -0.4 is 0 Å². The molecule has 1 heterocycles. The van der Waals surface area contributed by atoms with Crippen molar-refractivity contribution in [1.82, 2.24) is 9.97 Å². The first-order chi connectivity index (χ1) is 11.5. The predicted molar refractivity (Wildman–Crippen MR) is 87.9 cm³/mol. The third kappa shape index (κ3) is 2.31. The summed E-state index contributed by atoms with van der Waals surface area (Å²) in [6.07, 6.45) is -3.76. The maximum atomic E-state index is 13.3. The molecule has 0 spiro atoms. The van der Waals surface area contributed by atoms with E-state index in [4.69, 9.17) is 0 Å². The van der Waals surface area contributed by atoms with Gasteiger partial charge in [0.15, 0.2) is 5.16 Å². The average molecular weight is 350 g/mol. The van der Waals surface area contributed by atoms with Gasteiger partial charge in [0.05, 0.1) is 11.0 Å². The maximum Gasteiger partial charge on any atom is 0.360 e. The second-order valence-electron chi connectivity index (χ2n) is 5.32. The van der Waals surface area contributed by atoms with E-state index in [1.807, 2.05) is 48.5 Å². The van der Waals surface area contributed by atoms with E-state index in [0.29, 0.717) is 11.0 Å². The number of nitrogens with zero attached hydrogens (tertiary/aromatic N) is 1. The Labute approximate surface area is 137 Å². The summed E-state index contributed by atoms with van der Waals surface area (Å²) >= 11 is -0.253. The van der Waals surface area contributed by atoms with E-state index >= 15 is 0 Å². The largest absolute Gasteiger partial charge is 0.360 e. The van der Waals surface area contributed by atoms with Crippen LogP contribution in [-0.4, -0.2) is 21.6 Å². The normalized spacial score (nSPS) is 12.7. The summed E-state index contributed by atoms with van der Waals surface area (Å²) < 4.78 is 51.6. The number of fused-ring (bicyclic) bond motifs is 6. The SMILES string of the molecule is FC(F)C(F)(F)Sc1nc2c3ccccc3c3ccccc3c2[nH]1. The molecule has 0 aliphatic carbocycles. The fourth-order valence-electron chi connectivity index (χ4n) is 2.82. The minimum Gasteiger partial charge on any atom is -0.332 e. The van der Waals surface area contributed by atoms with Crippen LogP contribution in [0.25, 0.3) is 32.6 Å². The number of aromatic amines is 1. The van der Waals surface area contributed by atoms with Crippen LogP contribution in [0, 0.1) is 0 Å². The first-order valence-electron chi connectivity index (χ1n) is 7.11. The number of alkyl halides is 4. The van der Waals surface area contributed by atoms with Gasteiger partial charge in [0, 0.05) is 10.8 Å². The van der Waals surface area contributed by atoms with Crippen molar-refractivity contribution in [1.29, 1.82) is 0 Å². The van der Waals surface area contributed by atoms with Gasteiger partial charge >= 0.3 is 11.7 Å². The van der Waals surface area contributed by atoms with Gasteiger partial charge in [-0.2, -0.15) is 8.78 Å². The highest BCUT2D eigenvalue weighted by atomic mass is 32.2. The third-order valence-corrected chi connectivity index (χ3v) is 4.67. The molecular formula is C17H10F4N2S. The molecule has 1 N–H and O–H groups in total. The van der Waals surface area contributed by atoms with Gasteiger partial charge in [-0.05, 0) is 22.5 Å². The molecule has 2 nitrogen and oxygen atoms in total. The predicted octanol–water partition coefficient (Wildman–Crippen LogP) is 5.82. The topological polar surface area (TPSA) is 28.7 Å². The van der Waals surface area contributed by atoms with E-state index in [2.05, 4.69) is 9.97 Å². The minimum atomic E-state index is -4.19. The third-order valence-electron chi connectivity index (χ3n) is 3.84. The highest BCUT2D eigenvalue weighted by Gasteiger charge is 2.43. The van der Waals surface area contributed by atoms with E-state index in [1.54, 1.807) is 0 Å². The molecule has 0 fully saturated rings. The molecule has 0 aliphatic rings. The number of hydrogen-bond acceptors (Lipinski definition) is 2. The number of H-pyrrole nitrogens is 1. The Morgan fingerprint density at radius 1 is 0.875 bits per heavy atom. The van der Waals surface area contributed by atoms with Crippen molar-refractivity contribution in [3.8, 4) is 0 Å². The fourth-order valence-corrected chi connectivity index (χ4v) is 3.46. The molecule has 0 bridgehead atoms. The zero-order valence-electron chi connectivity index (χ0n) is 12.1. The van der Waals surface area contributed by atoms with Gasteiger partial charge < -0.3 is 4.98 Å². The van der Waals surface area contributed by atoms with Crippen molar-refractivity contribution >= 4 is 44.3 Å². The van der Waals surface area contributed by atoms with Crippen LogP contribution in [0.1, 0.15) is 0 Å². The summed E-state index contributed by atoms with van der Waals surface area (Å²) in [6, 6.07) is 15.0. The Bertz CT molecular complexity index is 986. The molecule has 4 rings (SSSR count). The number of benzene rings is 3. The van der Waals surface area contributed by atoms with Gasteiger partial charge in [-0.25, -0.2) is 13.8 Å². The zero-order valence-corrected chi connectivity index (χ0v) is 12.9. The molecule has 7 heteroatoms. The number of halogens is 4. The van der Waals surface area contributed by atoms with Crippen LogP contribution in [-0.2, 0) is 0 Å². The lowest BCUT2D eigenvalue weighted by molar-refractivity contribution is -0.0565. The van der Waals surface area contributed by atoms with Crippen molar-refractivity contribution in [2.75, 3.05) is 0 Å². The molecule has 0 saturated carbocycles. The summed E-state index contributed by atoms with van der Waals surface area (Å²) in [7, 11) is 0. The van der Waals surface area contributed by atoms with E-state index < -0.39 is 11.7 Å². The Morgan fingerprint density at radius 2 is 1.42 bits per heavy atom. The molecule has 0 radical (unpaired) electrons. The van der Waals surface area contributed by atoms with Gasteiger partial charge in [0.25, 0.3) is 0 Å². The van der Waals surface area contributed by atoms with Gasteiger partial charge in [-0.15, -0.1) is 0 Å². The van der Waals surface area contributed by atoms with E-state index in [1.165, 1.54) is 0 Å². The second kappa shape index (κ2) is 5.37. The number of rotatable bonds is 3. The van der Waals surface area contributed by atoms with Crippen LogP contribution in [0.5, 0.6) is 0 Å². The summed E-state index contributed by atoms with van der Waals surface area (Å²) in [4.78, 5) is 6.93. The Hall–Kier alpha value is -2.28. The molecule has 0 saturated heterocycles. The molecular weight excluding hydrogens is 340 g/mol. The Kier molecular flexibility index (Phi) is 3.42. The highest BCUT2D eigenvalue weighted by molar-refractivity contribution is 8.00. The molecule has 3 aromatic carbocycles. The number of aromatic nitrogens is 2. The maximum absolute atomic E-state index is 13.3. The molecule has 0 aliphatic heterocycles. The number of thioether (sulfide) groups is 1. The smallest absolute Gasteiger partial charge is 0.332 e. The van der Waals surface area contributed by atoms with E-state index in [-0.39, 0.29) is 16.9 Å². The summed E-state index contributed by atoms with van der Waals surface area (Å²) in [5.74, 6) is 0. The van der Waals surface area contributed by atoms with Crippen LogP contribution in [0.15, 0.2) is 53.7 Å². The first-order valence-corrected chi connectivity index (χ1v) is 7.93. The van der Waals surface area contributed by atoms with Gasteiger partial charge in [0.2, 0.25) is 0 Å². The number of imidazole rings is 1. The molecule has 1 aromatic heterocycles. The zero-order chi connectivity index (χ0) is 16.9. The molecule has 4 aromatic rings. The fraction of sp³-hybridized carbons (Fsp3) is 0.118. The van der Waals surface area contributed by atoms with Crippen molar-refractivity contribution in [2.24, 2.45) is 0 Å². The van der Waals surface area contributed by atoms with Crippen molar-refractivity contribution in [2.45, 2.75) is 16.8 Å². The standard InChI is InChI=1S/C17H10F4N2S/c18-15(19)17(20,21)24-16-22-13-11-7-3-1-5-9(11)10-6-2-4-8-12(10)14(13)23-16/h1-8,15H,(H,22,23).